The monoisotopic (exact) mass is 324 g/mol. The first-order chi connectivity index (χ1) is 7.94. The van der Waals surface area contributed by atoms with Gasteiger partial charge in [-0.1, -0.05) is 15.9 Å². The van der Waals surface area contributed by atoms with E-state index in [1.165, 1.54) is 13.1 Å². The third-order valence-corrected chi connectivity index (χ3v) is 4.04. The largest absolute Gasteiger partial charge is 0.312 e. The van der Waals surface area contributed by atoms with Crippen molar-refractivity contribution >= 4 is 26.0 Å². The van der Waals surface area contributed by atoms with Crippen LogP contribution in [0.25, 0.3) is 0 Å². The van der Waals surface area contributed by atoms with Gasteiger partial charge < -0.3 is 5.32 Å². The topological polar surface area (TPSA) is 58.2 Å². The molecule has 0 aliphatic carbocycles. The van der Waals surface area contributed by atoms with Crippen LogP contribution in [0.15, 0.2) is 22.7 Å². The molecule has 4 nitrogen and oxygen atoms in total. The standard InChI is InChI=1S/C10H14BrFN2O2S/c1-13-17(15,16)5-4-14-7-8-6-9(11)2-3-10(8)12/h2-3,6,13-14H,4-5,7H2,1H3. The smallest absolute Gasteiger partial charge is 0.212 e. The molecular formula is C10H14BrFN2O2S. The Labute approximate surface area is 109 Å². The van der Waals surface area contributed by atoms with Crippen molar-refractivity contribution in [2.75, 3.05) is 19.3 Å². The zero-order valence-electron chi connectivity index (χ0n) is 9.33. The minimum absolute atomic E-state index is 0.0286. The molecule has 0 atom stereocenters. The lowest BCUT2D eigenvalue weighted by atomic mass is 10.2. The number of hydrogen-bond acceptors (Lipinski definition) is 3. The summed E-state index contributed by atoms with van der Waals surface area (Å²) >= 11 is 3.25. The molecule has 0 aliphatic heterocycles. The van der Waals surface area contributed by atoms with Gasteiger partial charge in [-0.25, -0.2) is 17.5 Å². The molecule has 0 aromatic heterocycles. The molecule has 0 fully saturated rings. The van der Waals surface area contributed by atoms with Crippen molar-refractivity contribution in [2.24, 2.45) is 0 Å². The van der Waals surface area contributed by atoms with Crippen LogP contribution in [0.3, 0.4) is 0 Å². The van der Waals surface area contributed by atoms with Gasteiger partial charge in [-0.3, -0.25) is 0 Å². The highest BCUT2D eigenvalue weighted by Gasteiger charge is 2.06. The lowest BCUT2D eigenvalue weighted by Crippen LogP contribution is -2.29. The second-order valence-corrected chi connectivity index (χ2v) is 6.40. The SMILES string of the molecule is CNS(=O)(=O)CCNCc1cc(Br)ccc1F. The summed E-state index contributed by atoms with van der Waals surface area (Å²) in [4.78, 5) is 0. The van der Waals surface area contributed by atoms with Crippen LogP contribution >= 0.6 is 15.9 Å². The number of sulfonamides is 1. The predicted molar refractivity (Wildman–Crippen MR) is 68.7 cm³/mol. The van der Waals surface area contributed by atoms with E-state index in [-0.39, 0.29) is 18.1 Å². The van der Waals surface area contributed by atoms with Crippen LogP contribution in [-0.2, 0) is 16.6 Å². The molecule has 0 heterocycles. The molecule has 1 aromatic carbocycles. The number of hydrogen-bond donors (Lipinski definition) is 2. The normalized spacial score (nSPS) is 11.7. The highest BCUT2D eigenvalue weighted by atomic mass is 79.9. The molecule has 0 spiro atoms. The summed E-state index contributed by atoms with van der Waals surface area (Å²) in [5.41, 5.74) is 0.501. The van der Waals surface area contributed by atoms with Gasteiger partial charge in [0, 0.05) is 23.1 Å². The van der Waals surface area contributed by atoms with Crippen LogP contribution in [0.5, 0.6) is 0 Å². The van der Waals surface area contributed by atoms with E-state index >= 15 is 0 Å². The average Bonchev–Trinajstić information content (AvgIpc) is 2.29. The zero-order chi connectivity index (χ0) is 12.9. The van der Waals surface area contributed by atoms with Crippen LogP contribution in [0.2, 0.25) is 0 Å². The second-order valence-electron chi connectivity index (χ2n) is 3.44. The third kappa shape index (κ3) is 5.12. The molecule has 7 heteroatoms. The summed E-state index contributed by atoms with van der Waals surface area (Å²) in [6.45, 7) is 0.569. The fourth-order valence-electron chi connectivity index (χ4n) is 1.21. The average molecular weight is 325 g/mol. The Morgan fingerprint density at radius 1 is 1.41 bits per heavy atom. The first-order valence-corrected chi connectivity index (χ1v) is 7.45. The maximum atomic E-state index is 13.3. The van der Waals surface area contributed by atoms with E-state index in [1.54, 1.807) is 12.1 Å². The van der Waals surface area contributed by atoms with Crippen molar-refractivity contribution in [3.05, 3.63) is 34.1 Å². The quantitative estimate of drug-likeness (QED) is 0.774. The van der Waals surface area contributed by atoms with E-state index in [2.05, 4.69) is 26.0 Å². The van der Waals surface area contributed by atoms with Gasteiger partial charge >= 0.3 is 0 Å². The summed E-state index contributed by atoms with van der Waals surface area (Å²) in [5, 5.41) is 2.88. The first-order valence-electron chi connectivity index (χ1n) is 5.00. The summed E-state index contributed by atoms with van der Waals surface area (Å²) < 4.78 is 38.5. The number of rotatable bonds is 6. The van der Waals surface area contributed by atoms with Crippen LogP contribution in [0.4, 0.5) is 4.39 Å². The molecule has 0 amide bonds. The van der Waals surface area contributed by atoms with Crippen molar-refractivity contribution in [1.29, 1.82) is 0 Å². The minimum Gasteiger partial charge on any atom is -0.312 e. The molecule has 2 N–H and O–H groups in total. The van der Waals surface area contributed by atoms with E-state index in [1.807, 2.05) is 0 Å². The van der Waals surface area contributed by atoms with Gasteiger partial charge in [0.25, 0.3) is 0 Å². The highest BCUT2D eigenvalue weighted by Crippen LogP contribution is 2.15. The van der Waals surface area contributed by atoms with E-state index in [9.17, 15) is 12.8 Å². The van der Waals surface area contributed by atoms with Crippen molar-refractivity contribution in [3.63, 3.8) is 0 Å². The van der Waals surface area contributed by atoms with Gasteiger partial charge in [0.2, 0.25) is 10.0 Å². The fraction of sp³-hybridized carbons (Fsp3) is 0.400. The molecule has 0 bridgehead atoms. The van der Waals surface area contributed by atoms with E-state index in [4.69, 9.17) is 0 Å². The molecule has 0 radical (unpaired) electrons. The maximum Gasteiger partial charge on any atom is 0.212 e. The Balaban J connectivity index is 2.44. The molecule has 0 saturated carbocycles. The summed E-state index contributed by atoms with van der Waals surface area (Å²) in [5.74, 6) is -0.337. The van der Waals surface area contributed by atoms with E-state index in [0.29, 0.717) is 12.1 Å². The Bertz CT molecular complexity index is 479. The Morgan fingerprint density at radius 2 is 2.12 bits per heavy atom. The van der Waals surface area contributed by atoms with Gasteiger partial charge in [0.05, 0.1) is 5.75 Å². The molecular weight excluding hydrogens is 311 g/mol. The predicted octanol–water partition coefficient (Wildman–Crippen LogP) is 1.23. The second kappa shape index (κ2) is 6.44. The summed E-state index contributed by atoms with van der Waals surface area (Å²) in [6, 6.07) is 4.64. The Kier molecular flexibility index (Phi) is 5.51. The van der Waals surface area contributed by atoms with Gasteiger partial charge in [0.15, 0.2) is 0 Å². The number of benzene rings is 1. The molecule has 0 aliphatic rings. The molecule has 96 valence electrons. The van der Waals surface area contributed by atoms with Crippen molar-refractivity contribution < 1.29 is 12.8 Å². The van der Waals surface area contributed by atoms with Gasteiger partial charge in [-0.2, -0.15) is 0 Å². The Hall–Kier alpha value is -0.500. The Morgan fingerprint density at radius 3 is 2.76 bits per heavy atom. The van der Waals surface area contributed by atoms with E-state index < -0.39 is 10.0 Å². The van der Waals surface area contributed by atoms with E-state index in [0.717, 1.165) is 4.47 Å². The molecule has 1 rings (SSSR count). The highest BCUT2D eigenvalue weighted by molar-refractivity contribution is 9.10. The van der Waals surface area contributed by atoms with Crippen LogP contribution in [-0.4, -0.2) is 27.8 Å². The molecule has 0 unspecified atom stereocenters. The van der Waals surface area contributed by atoms with Crippen molar-refractivity contribution in [1.82, 2.24) is 10.0 Å². The summed E-state index contributed by atoms with van der Waals surface area (Å²) in [6.07, 6.45) is 0. The lowest BCUT2D eigenvalue weighted by molar-refractivity contribution is 0.577. The third-order valence-electron chi connectivity index (χ3n) is 2.18. The van der Waals surface area contributed by atoms with Gasteiger partial charge in [0.1, 0.15) is 5.82 Å². The van der Waals surface area contributed by atoms with Crippen molar-refractivity contribution in [2.45, 2.75) is 6.54 Å². The number of halogens is 2. The fourth-order valence-corrected chi connectivity index (χ4v) is 2.24. The first kappa shape index (κ1) is 14.6. The van der Waals surface area contributed by atoms with Crippen LogP contribution in [0.1, 0.15) is 5.56 Å². The molecule has 1 aromatic rings. The molecule has 17 heavy (non-hydrogen) atoms. The van der Waals surface area contributed by atoms with Crippen molar-refractivity contribution in [3.8, 4) is 0 Å². The summed E-state index contributed by atoms with van der Waals surface area (Å²) in [7, 11) is -1.84. The number of nitrogens with one attached hydrogen (secondary N) is 2. The van der Waals surface area contributed by atoms with Gasteiger partial charge in [-0.05, 0) is 25.2 Å². The zero-order valence-corrected chi connectivity index (χ0v) is 11.7. The minimum atomic E-state index is -3.21. The maximum absolute atomic E-state index is 13.3. The lowest BCUT2D eigenvalue weighted by Gasteiger charge is -2.06. The molecule has 0 saturated heterocycles. The van der Waals surface area contributed by atoms with Gasteiger partial charge in [-0.15, -0.1) is 0 Å². The van der Waals surface area contributed by atoms with Crippen LogP contribution in [0, 0.1) is 5.82 Å². The van der Waals surface area contributed by atoms with Crippen LogP contribution < -0.4 is 10.0 Å².